The Morgan fingerprint density at radius 1 is 1.59 bits per heavy atom. The smallest absolute Gasteiger partial charge is 0.129 e. The zero-order chi connectivity index (χ0) is 12.4. The molecule has 0 aliphatic heterocycles. The lowest BCUT2D eigenvalue weighted by Gasteiger charge is -2.13. The summed E-state index contributed by atoms with van der Waals surface area (Å²) in [6.07, 6.45) is 4.25. The van der Waals surface area contributed by atoms with Gasteiger partial charge < -0.3 is 10.2 Å². The van der Waals surface area contributed by atoms with Crippen LogP contribution in [0.2, 0.25) is 5.02 Å². The molecule has 5 heteroatoms. The van der Waals surface area contributed by atoms with Crippen molar-refractivity contribution in [1.82, 2.24) is 9.78 Å². The third kappa shape index (κ3) is 2.23. The highest BCUT2D eigenvalue weighted by atomic mass is 35.5. The number of furan rings is 1. The Hall–Kier alpha value is -1.26. The van der Waals surface area contributed by atoms with Gasteiger partial charge in [0.05, 0.1) is 23.2 Å². The summed E-state index contributed by atoms with van der Waals surface area (Å²) in [5, 5.41) is 4.81. The van der Waals surface area contributed by atoms with Gasteiger partial charge in [-0.25, -0.2) is 0 Å². The zero-order valence-corrected chi connectivity index (χ0v) is 10.7. The largest absolute Gasteiger partial charge is 0.467 e. The molecule has 2 heterocycles. The summed E-state index contributed by atoms with van der Waals surface area (Å²) in [6.45, 7) is 4.85. The number of halogens is 1. The number of aryl methyl sites for hydroxylation is 2. The molecule has 1 atom stereocenters. The lowest BCUT2D eigenvalue weighted by atomic mass is 10.1. The van der Waals surface area contributed by atoms with E-state index in [0.29, 0.717) is 5.02 Å². The van der Waals surface area contributed by atoms with Crippen LogP contribution in [0.25, 0.3) is 0 Å². The average Bonchev–Trinajstić information content (AvgIpc) is 2.86. The van der Waals surface area contributed by atoms with Gasteiger partial charge in [0.15, 0.2) is 0 Å². The van der Waals surface area contributed by atoms with Gasteiger partial charge in [0, 0.05) is 6.54 Å². The van der Waals surface area contributed by atoms with Crippen LogP contribution in [0.15, 0.2) is 22.9 Å². The SMILES string of the molecule is CCCn1ncc(Cl)c1C(N)c1occc1C. The quantitative estimate of drug-likeness (QED) is 0.912. The second-order valence-corrected chi connectivity index (χ2v) is 4.45. The van der Waals surface area contributed by atoms with Crippen LogP contribution in [0.4, 0.5) is 0 Å². The summed E-state index contributed by atoms with van der Waals surface area (Å²) in [6, 6.07) is 1.52. The molecule has 2 aromatic rings. The number of hydrogen-bond acceptors (Lipinski definition) is 3. The van der Waals surface area contributed by atoms with E-state index in [2.05, 4.69) is 12.0 Å². The number of hydrogen-bond donors (Lipinski definition) is 1. The molecule has 4 nitrogen and oxygen atoms in total. The van der Waals surface area contributed by atoms with E-state index in [1.165, 1.54) is 0 Å². The van der Waals surface area contributed by atoms with Crippen molar-refractivity contribution in [2.75, 3.05) is 0 Å². The van der Waals surface area contributed by atoms with Gasteiger partial charge in [-0.3, -0.25) is 4.68 Å². The Morgan fingerprint density at radius 3 is 2.94 bits per heavy atom. The molecule has 0 bridgehead atoms. The molecular weight excluding hydrogens is 238 g/mol. The first-order chi connectivity index (χ1) is 8.15. The van der Waals surface area contributed by atoms with E-state index in [4.69, 9.17) is 21.8 Å². The van der Waals surface area contributed by atoms with Crippen LogP contribution in [0.3, 0.4) is 0 Å². The second kappa shape index (κ2) is 4.94. The molecule has 2 aromatic heterocycles. The maximum atomic E-state index is 6.20. The first-order valence-electron chi connectivity index (χ1n) is 5.66. The van der Waals surface area contributed by atoms with Crippen molar-refractivity contribution in [2.45, 2.75) is 32.9 Å². The Morgan fingerprint density at radius 2 is 2.35 bits per heavy atom. The molecule has 0 radical (unpaired) electrons. The van der Waals surface area contributed by atoms with Crippen LogP contribution in [0.1, 0.15) is 36.4 Å². The predicted octanol–water partition coefficient (Wildman–Crippen LogP) is 2.90. The third-order valence-corrected chi connectivity index (χ3v) is 3.04. The molecule has 0 saturated carbocycles. The highest BCUT2D eigenvalue weighted by Crippen LogP contribution is 2.28. The zero-order valence-electron chi connectivity index (χ0n) is 9.98. The maximum Gasteiger partial charge on any atom is 0.129 e. The minimum absolute atomic E-state index is 0.369. The standard InChI is InChI=1S/C12H16ClN3O/c1-3-5-16-11(9(13)7-15-16)10(14)12-8(2)4-6-17-12/h4,6-7,10H,3,5,14H2,1-2H3. The van der Waals surface area contributed by atoms with Crippen molar-refractivity contribution in [3.63, 3.8) is 0 Å². The topological polar surface area (TPSA) is 57.0 Å². The normalized spacial score (nSPS) is 12.9. The molecule has 0 spiro atoms. The summed E-state index contributed by atoms with van der Waals surface area (Å²) in [5.41, 5.74) is 8.04. The first-order valence-corrected chi connectivity index (χ1v) is 6.03. The Labute approximate surface area is 105 Å². The molecule has 17 heavy (non-hydrogen) atoms. The molecule has 2 rings (SSSR count). The third-order valence-electron chi connectivity index (χ3n) is 2.75. The summed E-state index contributed by atoms with van der Waals surface area (Å²) in [7, 11) is 0. The molecule has 2 N–H and O–H groups in total. The molecule has 0 fully saturated rings. The van der Waals surface area contributed by atoms with Gasteiger partial charge in [-0.15, -0.1) is 0 Å². The van der Waals surface area contributed by atoms with E-state index in [1.807, 2.05) is 17.7 Å². The lowest BCUT2D eigenvalue weighted by Crippen LogP contribution is -2.18. The first kappa shape index (κ1) is 12.2. The Bertz CT molecular complexity index is 504. The fourth-order valence-electron chi connectivity index (χ4n) is 1.90. The van der Waals surface area contributed by atoms with Crippen LogP contribution in [0, 0.1) is 6.92 Å². The number of rotatable bonds is 4. The van der Waals surface area contributed by atoms with E-state index in [9.17, 15) is 0 Å². The van der Waals surface area contributed by atoms with Gasteiger partial charge in [0.1, 0.15) is 11.8 Å². The fraction of sp³-hybridized carbons (Fsp3) is 0.417. The van der Waals surface area contributed by atoms with E-state index < -0.39 is 0 Å². The van der Waals surface area contributed by atoms with Gasteiger partial charge in [-0.05, 0) is 25.0 Å². The van der Waals surface area contributed by atoms with Crippen LogP contribution in [-0.4, -0.2) is 9.78 Å². The summed E-state index contributed by atoms with van der Waals surface area (Å²) in [4.78, 5) is 0. The average molecular weight is 254 g/mol. The van der Waals surface area contributed by atoms with Gasteiger partial charge in [-0.2, -0.15) is 5.10 Å². The second-order valence-electron chi connectivity index (χ2n) is 4.05. The number of nitrogens with two attached hydrogens (primary N) is 1. The molecule has 92 valence electrons. The summed E-state index contributed by atoms with van der Waals surface area (Å²) in [5.74, 6) is 0.741. The van der Waals surface area contributed by atoms with Gasteiger partial charge in [0.2, 0.25) is 0 Å². The van der Waals surface area contributed by atoms with Crippen LogP contribution < -0.4 is 5.73 Å². The molecule has 0 saturated heterocycles. The van der Waals surface area contributed by atoms with Gasteiger partial charge in [0.25, 0.3) is 0 Å². The highest BCUT2D eigenvalue weighted by molar-refractivity contribution is 6.31. The maximum absolute atomic E-state index is 6.20. The molecule has 0 aliphatic carbocycles. The van der Waals surface area contributed by atoms with Crippen molar-refractivity contribution >= 4 is 11.6 Å². The monoisotopic (exact) mass is 253 g/mol. The Kier molecular flexibility index (Phi) is 3.54. The van der Waals surface area contributed by atoms with E-state index >= 15 is 0 Å². The van der Waals surface area contributed by atoms with Crippen molar-refractivity contribution in [3.05, 3.63) is 40.6 Å². The predicted molar refractivity (Wildman–Crippen MR) is 67.0 cm³/mol. The summed E-state index contributed by atoms with van der Waals surface area (Å²) < 4.78 is 7.26. The molecule has 0 aliphatic rings. The fourth-order valence-corrected chi connectivity index (χ4v) is 2.16. The van der Waals surface area contributed by atoms with Crippen molar-refractivity contribution in [1.29, 1.82) is 0 Å². The summed E-state index contributed by atoms with van der Waals surface area (Å²) >= 11 is 6.14. The molecule has 1 unspecified atom stereocenters. The van der Waals surface area contributed by atoms with Crippen molar-refractivity contribution in [2.24, 2.45) is 5.73 Å². The molecule has 0 amide bonds. The van der Waals surface area contributed by atoms with Gasteiger partial charge in [-0.1, -0.05) is 18.5 Å². The van der Waals surface area contributed by atoms with E-state index in [-0.39, 0.29) is 6.04 Å². The minimum Gasteiger partial charge on any atom is -0.467 e. The minimum atomic E-state index is -0.369. The molecule has 0 aromatic carbocycles. The lowest BCUT2D eigenvalue weighted by molar-refractivity contribution is 0.466. The number of nitrogens with zero attached hydrogens (tertiary/aromatic N) is 2. The van der Waals surface area contributed by atoms with Crippen LogP contribution >= 0.6 is 11.6 Å². The van der Waals surface area contributed by atoms with E-state index in [1.54, 1.807) is 12.5 Å². The van der Waals surface area contributed by atoms with Crippen molar-refractivity contribution < 1.29 is 4.42 Å². The number of aromatic nitrogens is 2. The highest BCUT2D eigenvalue weighted by Gasteiger charge is 2.22. The van der Waals surface area contributed by atoms with Crippen molar-refractivity contribution in [3.8, 4) is 0 Å². The van der Waals surface area contributed by atoms with Gasteiger partial charge >= 0.3 is 0 Å². The van der Waals surface area contributed by atoms with Crippen LogP contribution in [0.5, 0.6) is 0 Å². The van der Waals surface area contributed by atoms with Crippen LogP contribution in [-0.2, 0) is 6.54 Å². The Balaban J connectivity index is 2.39. The van der Waals surface area contributed by atoms with E-state index in [0.717, 1.165) is 30.0 Å². The molecular formula is C12H16ClN3O.